The van der Waals surface area contributed by atoms with E-state index in [4.69, 9.17) is 0 Å². The summed E-state index contributed by atoms with van der Waals surface area (Å²) in [4.78, 5) is 41.1. The lowest BCUT2D eigenvalue weighted by Gasteiger charge is -2.60. The van der Waals surface area contributed by atoms with E-state index < -0.39 is 56.8 Å². The van der Waals surface area contributed by atoms with E-state index in [0.29, 0.717) is 12.0 Å². The summed E-state index contributed by atoms with van der Waals surface area (Å²) in [5.41, 5.74) is -0.533. The molecule has 0 bridgehead atoms. The van der Waals surface area contributed by atoms with Gasteiger partial charge >= 0.3 is 0 Å². The molecule has 1 fully saturated rings. The maximum atomic E-state index is 14.7. The normalized spacial score (nSPS) is 27.1. The average molecular weight is 671 g/mol. The summed E-state index contributed by atoms with van der Waals surface area (Å²) in [6, 6.07) is 10.7. The van der Waals surface area contributed by atoms with Gasteiger partial charge in [0.2, 0.25) is 5.78 Å². The van der Waals surface area contributed by atoms with Gasteiger partial charge in [-0.05, 0) is 90.5 Å². The summed E-state index contributed by atoms with van der Waals surface area (Å²) in [5.74, 6) is -4.98. The molecule has 0 saturated heterocycles. The third-order valence-electron chi connectivity index (χ3n) is 11.4. The highest BCUT2D eigenvalue weighted by Gasteiger charge is 2.72. The number of aryl methyl sites for hydroxylation is 2. The summed E-state index contributed by atoms with van der Waals surface area (Å²) in [7, 11) is 0. The number of aliphatic hydroxyl groups is 3. The van der Waals surface area contributed by atoms with Crippen LogP contribution in [0.25, 0.3) is 5.76 Å². The second kappa shape index (κ2) is 12.3. The number of phenolic OH excluding ortho intramolecular Hbond substituents is 1. The van der Waals surface area contributed by atoms with Gasteiger partial charge in [-0.1, -0.05) is 92.6 Å². The zero-order valence-electron chi connectivity index (χ0n) is 30.9. The Morgan fingerprint density at radius 2 is 1.55 bits per heavy atom. The number of hydrogen-bond acceptors (Lipinski definition) is 7. The van der Waals surface area contributed by atoms with Crippen molar-refractivity contribution < 1.29 is 34.8 Å². The van der Waals surface area contributed by atoms with Gasteiger partial charge < -0.3 is 20.4 Å². The van der Waals surface area contributed by atoms with E-state index in [1.165, 1.54) is 11.1 Å². The van der Waals surface area contributed by atoms with Crippen molar-refractivity contribution in [1.82, 2.24) is 0 Å². The molecule has 264 valence electrons. The Morgan fingerprint density at radius 1 is 0.959 bits per heavy atom. The lowest BCUT2D eigenvalue weighted by molar-refractivity contribution is -0.178. The second-order valence-electron chi connectivity index (χ2n) is 17.3. The van der Waals surface area contributed by atoms with E-state index in [0.717, 1.165) is 37.3 Å². The molecular formula is C42H54O7. The van der Waals surface area contributed by atoms with Gasteiger partial charge in [0.15, 0.2) is 17.2 Å². The number of fused-ring (bicyclic) bond motifs is 3. The third-order valence-corrected chi connectivity index (χ3v) is 11.4. The lowest BCUT2D eigenvalue weighted by Crippen LogP contribution is -2.69. The van der Waals surface area contributed by atoms with Gasteiger partial charge in [0.1, 0.15) is 22.8 Å². The van der Waals surface area contributed by atoms with Crippen LogP contribution in [0.2, 0.25) is 0 Å². The standard InChI is InChI=1S/C42H54O7/c1-22(2)28-18-27(13-11-12-25-14-16-26(17-15-25)19-39(6,7)8)34(44)31-29(28)20-40(9)21-41(10)32(23(3)4)35(45)30(24(5)43)37(47)42(41,49)38(48)33(40)36(31)46/h14-18,22-23,32,44,46-47,49H,11-13,19-21H2,1-10H3/t32?,40-,41-,42+/m1/s1. The fourth-order valence-corrected chi connectivity index (χ4v) is 9.50. The van der Waals surface area contributed by atoms with Crippen molar-refractivity contribution >= 4 is 23.1 Å². The van der Waals surface area contributed by atoms with Crippen LogP contribution in [0, 0.1) is 28.1 Å². The predicted octanol–water partition coefficient (Wildman–Crippen LogP) is 8.08. The van der Waals surface area contributed by atoms with Crippen molar-refractivity contribution in [2.75, 3.05) is 0 Å². The number of benzene rings is 2. The van der Waals surface area contributed by atoms with E-state index in [2.05, 4.69) is 58.9 Å². The number of phenols is 1. The van der Waals surface area contributed by atoms with E-state index >= 15 is 0 Å². The minimum Gasteiger partial charge on any atom is -0.508 e. The smallest absolute Gasteiger partial charge is 0.203 e. The van der Waals surface area contributed by atoms with Gasteiger partial charge in [-0.3, -0.25) is 14.4 Å². The molecule has 3 aliphatic rings. The Kier molecular flexibility index (Phi) is 9.15. The van der Waals surface area contributed by atoms with Crippen molar-refractivity contribution in [1.29, 1.82) is 0 Å². The van der Waals surface area contributed by atoms with E-state index in [-0.39, 0.29) is 47.0 Å². The predicted molar refractivity (Wildman–Crippen MR) is 192 cm³/mol. The lowest BCUT2D eigenvalue weighted by atomic mass is 9.43. The monoisotopic (exact) mass is 670 g/mol. The molecule has 4 N–H and O–H groups in total. The number of rotatable bonds is 8. The maximum absolute atomic E-state index is 14.7. The zero-order valence-corrected chi connectivity index (χ0v) is 30.9. The fraction of sp³-hybridized carbons (Fsp3) is 0.548. The van der Waals surface area contributed by atoms with Gasteiger partial charge in [0.05, 0.1) is 5.56 Å². The van der Waals surface area contributed by atoms with Crippen LogP contribution in [0.5, 0.6) is 5.75 Å². The van der Waals surface area contributed by atoms with Crippen LogP contribution < -0.4 is 0 Å². The largest absolute Gasteiger partial charge is 0.508 e. The van der Waals surface area contributed by atoms with Crippen LogP contribution in [-0.4, -0.2) is 43.4 Å². The van der Waals surface area contributed by atoms with Crippen molar-refractivity contribution in [3.63, 3.8) is 0 Å². The molecule has 0 spiro atoms. The molecule has 0 amide bonds. The SMILES string of the molecule is CC(=O)C1=C(O)[C@]2(O)C(=O)C3=C(O)c4c(O)c(CCCc5ccc(CC(C)(C)C)cc5)cc(C(C)C)c4C[C@]3(C)C[C@]2(C)C(C(C)C)C1=O. The summed E-state index contributed by atoms with van der Waals surface area (Å²) in [5, 5.41) is 47.6. The van der Waals surface area contributed by atoms with E-state index in [1.807, 2.05) is 13.0 Å². The van der Waals surface area contributed by atoms with Crippen molar-refractivity contribution in [3.05, 3.63) is 80.6 Å². The van der Waals surface area contributed by atoms with Gasteiger partial charge in [0.25, 0.3) is 0 Å². The Morgan fingerprint density at radius 3 is 2.08 bits per heavy atom. The topological polar surface area (TPSA) is 132 Å². The first-order valence-electron chi connectivity index (χ1n) is 17.7. The summed E-state index contributed by atoms with van der Waals surface area (Å²) >= 11 is 0. The second-order valence-corrected chi connectivity index (χ2v) is 17.3. The highest BCUT2D eigenvalue weighted by molar-refractivity contribution is 6.24. The number of carbonyl (C=O) groups is 3. The molecule has 5 rings (SSSR count). The third kappa shape index (κ3) is 5.76. The van der Waals surface area contributed by atoms with Crippen LogP contribution in [-0.2, 0) is 40.1 Å². The Bertz CT molecular complexity index is 1780. The molecule has 2 aromatic carbocycles. The van der Waals surface area contributed by atoms with Crippen LogP contribution in [0.15, 0.2) is 47.2 Å². The number of aliphatic hydroxyl groups excluding tert-OH is 2. The van der Waals surface area contributed by atoms with E-state index in [9.17, 15) is 34.8 Å². The van der Waals surface area contributed by atoms with Crippen LogP contribution in [0.1, 0.15) is 121 Å². The molecule has 3 aliphatic carbocycles. The Labute approximate surface area is 291 Å². The molecule has 0 aromatic heterocycles. The van der Waals surface area contributed by atoms with Crippen molar-refractivity contribution in [3.8, 4) is 5.75 Å². The maximum Gasteiger partial charge on any atom is 0.203 e. The quantitative estimate of drug-likeness (QED) is 0.209. The van der Waals surface area contributed by atoms with Gasteiger partial charge in [-0.15, -0.1) is 0 Å². The zero-order chi connectivity index (χ0) is 36.6. The summed E-state index contributed by atoms with van der Waals surface area (Å²) in [6.07, 6.45) is 3.46. The Hall–Kier alpha value is -3.71. The van der Waals surface area contributed by atoms with Crippen molar-refractivity contribution in [2.24, 2.45) is 28.1 Å². The van der Waals surface area contributed by atoms with Crippen LogP contribution in [0.3, 0.4) is 0 Å². The van der Waals surface area contributed by atoms with E-state index in [1.54, 1.807) is 20.8 Å². The number of hydrogen-bond donors (Lipinski definition) is 4. The molecule has 0 aliphatic heterocycles. The molecule has 7 heteroatoms. The molecule has 1 saturated carbocycles. The Balaban J connectivity index is 1.59. The first-order valence-corrected chi connectivity index (χ1v) is 17.7. The molecule has 2 aromatic rings. The van der Waals surface area contributed by atoms with Gasteiger partial charge in [-0.2, -0.15) is 0 Å². The first-order chi connectivity index (χ1) is 22.6. The number of allylic oxidation sites excluding steroid dienone is 1. The molecule has 49 heavy (non-hydrogen) atoms. The first kappa shape index (κ1) is 36.6. The molecule has 4 atom stereocenters. The molecule has 1 unspecified atom stereocenters. The minimum absolute atomic E-state index is 0.0398. The average Bonchev–Trinajstić information content (AvgIpc) is 2.95. The molecule has 0 radical (unpaired) electrons. The van der Waals surface area contributed by atoms with Crippen LogP contribution in [0.4, 0.5) is 0 Å². The minimum atomic E-state index is -2.62. The summed E-state index contributed by atoms with van der Waals surface area (Å²) < 4.78 is 0. The highest BCUT2D eigenvalue weighted by atomic mass is 16.3. The van der Waals surface area contributed by atoms with Gasteiger partial charge in [-0.25, -0.2) is 0 Å². The number of aromatic hydroxyl groups is 1. The van der Waals surface area contributed by atoms with Gasteiger partial charge in [0, 0.05) is 22.3 Å². The molecule has 7 nitrogen and oxygen atoms in total. The van der Waals surface area contributed by atoms with Crippen LogP contribution >= 0.6 is 0 Å². The highest BCUT2D eigenvalue weighted by Crippen LogP contribution is 2.65. The number of Topliss-reactive ketones (excluding diaryl/α,β-unsaturated/α-hetero) is 3. The fourth-order valence-electron chi connectivity index (χ4n) is 9.50. The number of ketones is 3. The molecular weight excluding hydrogens is 616 g/mol. The molecule has 0 heterocycles. The van der Waals surface area contributed by atoms with Crippen molar-refractivity contribution in [2.45, 2.75) is 119 Å². The summed E-state index contributed by atoms with van der Waals surface area (Å²) in [6.45, 7) is 19.0. The number of carbonyl (C=O) groups excluding carboxylic acids is 3.